The molecule has 0 aliphatic carbocycles. The zero-order chi connectivity index (χ0) is 14.0. The average Bonchev–Trinajstić information content (AvgIpc) is 2.21. The normalized spacial score (nSPS) is 13.6. The second-order valence-electron chi connectivity index (χ2n) is 6.86. The molecule has 0 saturated heterocycles. The van der Waals surface area contributed by atoms with E-state index in [9.17, 15) is 0 Å². The van der Waals surface area contributed by atoms with E-state index in [1.165, 1.54) is 37.2 Å². The summed E-state index contributed by atoms with van der Waals surface area (Å²) in [6.45, 7) is 11.1. The van der Waals surface area contributed by atoms with Gasteiger partial charge in [-0.2, -0.15) is 0 Å². The van der Waals surface area contributed by atoms with Gasteiger partial charge in [-0.05, 0) is 55.1 Å². The number of ether oxygens (including phenoxy) is 1. The lowest BCUT2D eigenvalue weighted by Crippen LogP contribution is -2.10. The smallest absolute Gasteiger partial charge is 0.0473 e. The minimum Gasteiger partial charge on any atom is -0.381 e. The van der Waals surface area contributed by atoms with Crippen molar-refractivity contribution in [3.63, 3.8) is 0 Å². The first kappa shape index (κ1) is 18.3. The van der Waals surface area contributed by atoms with Gasteiger partial charge in [0, 0.05) is 13.2 Å². The third-order valence-corrected chi connectivity index (χ3v) is 6.09. The van der Waals surface area contributed by atoms with Crippen LogP contribution in [-0.2, 0) is 4.74 Å². The van der Waals surface area contributed by atoms with Crippen LogP contribution in [0.4, 0.5) is 0 Å². The van der Waals surface area contributed by atoms with Crippen molar-refractivity contribution < 1.29 is 4.74 Å². The lowest BCUT2D eigenvalue weighted by atomic mass is 10.1. The van der Waals surface area contributed by atoms with Crippen LogP contribution in [0, 0.1) is 11.8 Å². The van der Waals surface area contributed by atoms with E-state index in [4.69, 9.17) is 4.74 Å². The molecule has 0 rings (SSSR count). The second kappa shape index (κ2) is 10.1. The van der Waals surface area contributed by atoms with Crippen LogP contribution >= 0.6 is 10.0 Å². The van der Waals surface area contributed by atoms with Crippen molar-refractivity contribution in [1.82, 2.24) is 0 Å². The summed E-state index contributed by atoms with van der Waals surface area (Å²) in [6, 6.07) is 0. The van der Waals surface area contributed by atoms with E-state index < -0.39 is 0 Å². The SMILES string of the molecule is CC(C)CCCS(C)(C)CCCOCCC(C)C. The first-order valence-electron chi connectivity index (χ1n) is 7.60. The van der Waals surface area contributed by atoms with Crippen LogP contribution in [0.3, 0.4) is 0 Å². The fraction of sp³-hybridized carbons (Fsp3) is 1.00. The molecule has 112 valence electrons. The molecule has 0 spiro atoms. The Morgan fingerprint density at radius 3 is 1.89 bits per heavy atom. The van der Waals surface area contributed by atoms with Crippen molar-refractivity contribution in [2.45, 2.75) is 53.4 Å². The van der Waals surface area contributed by atoms with E-state index in [0.717, 1.165) is 25.0 Å². The maximum absolute atomic E-state index is 5.70. The summed E-state index contributed by atoms with van der Waals surface area (Å²) in [4.78, 5) is 0. The van der Waals surface area contributed by atoms with Crippen molar-refractivity contribution in [3.8, 4) is 0 Å². The zero-order valence-electron chi connectivity index (χ0n) is 13.6. The van der Waals surface area contributed by atoms with Gasteiger partial charge < -0.3 is 4.74 Å². The number of hydrogen-bond donors (Lipinski definition) is 0. The summed E-state index contributed by atoms with van der Waals surface area (Å²) in [5.74, 6) is 4.45. The van der Waals surface area contributed by atoms with Crippen LogP contribution in [0.15, 0.2) is 0 Å². The van der Waals surface area contributed by atoms with Crippen molar-refractivity contribution in [2.24, 2.45) is 11.8 Å². The lowest BCUT2D eigenvalue weighted by Gasteiger charge is -2.31. The Labute approximate surface area is 117 Å². The molecule has 0 aliphatic rings. The van der Waals surface area contributed by atoms with Gasteiger partial charge in [-0.1, -0.05) is 34.1 Å². The molecule has 0 aromatic rings. The van der Waals surface area contributed by atoms with Gasteiger partial charge in [0.05, 0.1) is 0 Å². The van der Waals surface area contributed by atoms with Crippen LogP contribution < -0.4 is 0 Å². The van der Waals surface area contributed by atoms with E-state index in [1.807, 2.05) is 0 Å². The Morgan fingerprint density at radius 2 is 1.33 bits per heavy atom. The number of rotatable bonds is 11. The third-order valence-electron chi connectivity index (χ3n) is 3.30. The molecule has 0 unspecified atom stereocenters. The minimum absolute atomic E-state index is 0.361. The van der Waals surface area contributed by atoms with Crippen molar-refractivity contribution in [2.75, 3.05) is 37.2 Å². The fourth-order valence-corrected chi connectivity index (χ4v) is 4.01. The average molecular weight is 277 g/mol. The molecule has 2 heteroatoms. The van der Waals surface area contributed by atoms with Crippen molar-refractivity contribution >= 4 is 10.0 Å². The maximum atomic E-state index is 5.70. The molecule has 0 amide bonds. The van der Waals surface area contributed by atoms with Gasteiger partial charge in [0.15, 0.2) is 0 Å². The third kappa shape index (κ3) is 12.8. The molecule has 0 fully saturated rings. The fourth-order valence-electron chi connectivity index (χ4n) is 1.96. The minimum atomic E-state index is -0.361. The van der Waals surface area contributed by atoms with E-state index >= 15 is 0 Å². The highest BCUT2D eigenvalue weighted by Crippen LogP contribution is 2.41. The van der Waals surface area contributed by atoms with E-state index in [0.29, 0.717) is 0 Å². The molecular formula is C16H36OS. The molecule has 0 heterocycles. The molecule has 0 N–H and O–H groups in total. The highest BCUT2D eigenvalue weighted by Gasteiger charge is 2.11. The highest BCUT2D eigenvalue weighted by molar-refractivity contribution is 8.32. The Hall–Kier alpha value is 0.310. The predicted molar refractivity (Wildman–Crippen MR) is 88.1 cm³/mol. The van der Waals surface area contributed by atoms with Crippen molar-refractivity contribution in [1.29, 1.82) is 0 Å². The summed E-state index contributed by atoms with van der Waals surface area (Å²) in [5, 5.41) is 0. The highest BCUT2D eigenvalue weighted by atomic mass is 32.3. The second-order valence-corrected chi connectivity index (χ2v) is 11.2. The van der Waals surface area contributed by atoms with Gasteiger partial charge >= 0.3 is 0 Å². The Kier molecular flexibility index (Phi) is 10.3. The predicted octanol–water partition coefficient (Wildman–Crippen LogP) is 4.94. The van der Waals surface area contributed by atoms with Crippen LogP contribution in [0.5, 0.6) is 0 Å². The van der Waals surface area contributed by atoms with Crippen LogP contribution in [0.25, 0.3) is 0 Å². The van der Waals surface area contributed by atoms with Crippen molar-refractivity contribution in [3.05, 3.63) is 0 Å². The van der Waals surface area contributed by atoms with Gasteiger partial charge in [-0.15, -0.1) is 0 Å². The Balaban J connectivity index is 3.46. The van der Waals surface area contributed by atoms with Crippen LogP contribution in [0.1, 0.15) is 53.4 Å². The first-order valence-corrected chi connectivity index (χ1v) is 10.4. The zero-order valence-corrected chi connectivity index (χ0v) is 14.4. The summed E-state index contributed by atoms with van der Waals surface area (Å²) >= 11 is 0. The summed E-state index contributed by atoms with van der Waals surface area (Å²) < 4.78 is 5.70. The molecule has 1 nitrogen and oxygen atoms in total. The maximum Gasteiger partial charge on any atom is 0.0473 e. The quantitative estimate of drug-likeness (QED) is 0.486. The van der Waals surface area contributed by atoms with E-state index in [-0.39, 0.29) is 10.0 Å². The topological polar surface area (TPSA) is 9.23 Å². The molecule has 18 heavy (non-hydrogen) atoms. The molecular weight excluding hydrogens is 240 g/mol. The van der Waals surface area contributed by atoms with Gasteiger partial charge in [0.1, 0.15) is 0 Å². The molecule has 0 bridgehead atoms. The van der Waals surface area contributed by atoms with E-state index in [2.05, 4.69) is 40.2 Å². The lowest BCUT2D eigenvalue weighted by molar-refractivity contribution is 0.124. The molecule has 0 radical (unpaired) electrons. The Morgan fingerprint density at radius 1 is 0.778 bits per heavy atom. The standard InChI is InChI=1S/C16H36OS/c1-15(2)9-7-13-18(5,6)14-8-11-17-12-10-16(3)4/h15-16H,7-14H2,1-6H3. The van der Waals surface area contributed by atoms with Gasteiger partial charge in [-0.25, -0.2) is 10.0 Å². The van der Waals surface area contributed by atoms with Crippen LogP contribution in [0.2, 0.25) is 0 Å². The molecule has 0 atom stereocenters. The monoisotopic (exact) mass is 276 g/mol. The summed E-state index contributed by atoms with van der Waals surface area (Å²) in [6.07, 6.45) is 10.2. The van der Waals surface area contributed by atoms with Gasteiger partial charge in [-0.3, -0.25) is 0 Å². The molecule has 0 saturated carbocycles. The van der Waals surface area contributed by atoms with E-state index in [1.54, 1.807) is 0 Å². The largest absolute Gasteiger partial charge is 0.381 e. The summed E-state index contributed by atoms with van der Waals surface area (Å²) in [5.41, 5.74) is 0. The van der Waals surface area contributed by atoms with Gasteiger partial charge in [0.25, 0.3) is 0 Å². The number of hydrogen-bond acceptors (Lipinski definition) is 1. The molecule has 0 aromatic heterocycles. The van der Waals surface area contributed by atoms with Crippen LogP contribution in [-0.4, -0.2) is 37.2 Å². The summed E-state index contributed by atoms with van der Waals surface area (Å²) in [7, 11) is -0.361. The molecule has 0 aromatic carbocycles. The molecule has 0 aliphatic heterocycles. The Bertz CT molecular complexity index is 188. The van der Waals surface area contributed by atoms with Gasteiger partial charge in [0.2, 0.25) is 0 Å². The first-order chi connectivity index (χ1) is 8.33.